The molecule has 2 aromatic rings. The first-order valence-corrected chi connectivity index (χ1v) is 7.26. The second-order valence-corrected chi connectivity index (χ2v) is 5.36. The standard InChI is InChI=1S/C14H13BrClN3O2/c1-19(10-5-6-11(21-2)18-13(10)15)12(20)8-9-4-3-7-17-14(9)16/h3-7H,8H2,1-2H3. The molecule has 0 fully saturated rings. The number of nitrogens with zero attached hydrogens (tertiary/aromatic N) is 3. The number of amides is 1. The average molecular weight is 371 g/mol. The minimum absolute atomic E-state index is 0.113. The number of aromatic nitrogens is 2. The zero-order valence-corrected chi connectivity index (χ0v) is 13.8. The van der Waals surface area contributed by atoms with Gasteiger partial charge in [-0.2, -0.15) is 0 Å². The van der Waals surface area contributed by atoms with Crippen LogP contribution < -0.4 is 9.64 Å². The first kappa shape index (κ1) is 15.7. The molecule has 5 nitrogen and oxygen atoms in total. The van der Waals surface area contributed by atoms with Gasteiger partial charge in [0.25, 0.3) is 0 Å². The van der Waals surface area contributed by atoms with Crippen LogP contribution in [0.5, 0.6) is 5.88 Å². The summed E-state index contributed by atoms with van der Waals surface area (Å²) >= 11 is 9.30. The van der Waals surface area contributed by atoms with Crippen LogP contribution in [0.2, 0.25) is 5.15 Å². The number of hydrogen-bond donors (Lipinski definition) is 0. The summed E-state index contributed by atoms with van der Waals surface area (Å²) in [5.74, 6) is 0.361. The topological polar surface area (TPSA) is 55.3 Å². The zero-order chi connectivity index (χ0) is 15.4. The molecular weight excluding hydrogens is 358 g/mol. The third-order valence-electron chi connectivity index (χ3n) is 2.93. The highest BCUT2D eigenvalue weighted by atomic mass is 79.9. The van der Waals surface area contributed by atoms with E-state index in [0.717, 1.165) is 0 Å². The quantitative estimate of drug-likeness (QED) is 0.776. The predicted molar refractivity (Wildman–Crippen MR) is 84.9 cm³/mol. The van der Waals surface area contributed by atoms with Gasteiger partial charge in [-0.05, 0) is 33.6 Å². The summed E-state index contributed by atoms with van der Waals surface area (Å²) in [7, 11) is 3.22. The molecule has 21 heavy (non-hydrogen) atoms. The monoisotopic (exact) mass is 369 g/mol. The first-order valence-electron chi connectivity index (χ1n) is 6.09. The molecule has 0 N–H and O–H groups in total. The molecular formula is C14H13BrClN3O2. The molecule has 0 aliphatic rings. The summed E-state index contributed by atoms with van der Waals surface area (Å²) in [4.78, 5) is 22.0. The van der Waals surface area contributed by atoms with Crippen molar-refractivity contribution in [1.29, 1.82) is 0 Å². The summed E-state index contributed by atoms with van der Waals surface area (Å²) in [5.41, 5.74) is 1.34. The van der Waals surface area contributed by atoms with Crippen LogP contribution in [0.1, 0.15) is 5.56 Å². The van der Waals surface area contributed by atoms with Crippen LogP contribution in [0.15, 0.2) is 35.1 Å². The second-order valence-electron chi connectivity index (χ2n) is 4.25. The molecule has 0 aliphatic carbocycles. The highest BCUT2D eigenvalue weighted by Gasteiger charge is 2.17. The number of halogens is 2. The van der Waals surface area contributed by atoms with Gasteiger partial charge in [0, 0.05) is 19.3 Å². The van der Waals surface area contributed by atoms with Gasteiger partial charge in [0.2, 0.25) is 11.8 Å². The van der Waals surface area contributed by atoms with Crippen molar-refractivity contribution in [2.24, 2.45) is 0 Å². The van der Waals surface area contributed by atoms with Crippen LogP contribution >= 0.6 is 27.5 Å². The molecule has 0 aromatic carbocycles. The Hall–Kier alpha value is -1.66. The summed E-state index contributed by atoms with van der Waals surface area (Å²) in [6.45, 7) is 0. The number of likely N-dealkylation sites (N-methyl/N-ethyl adjacent to an activating group) is 1. The van der Waals surface area contributed by atoms with Crippen LogP contribution in [-0.2, 0) is 11.2 Å². The number of carbonyl (C=O) groups is 1. The molecule has 2 aromatic heterocycles. The molecule has 0 spiro atoms. The van der Waals surface area contributed by atoms with Crippen molar-refractivity contribution >= 4 is 39.1 Å². The highest BCUT2D eigenvalue weighted by Crippen LogP contribution is 2.26. The number of carbonyl (C=O) groups excluding carboxylic acids is 1. The summed E-state index contributed by atoms with van der Waals surface area (Å²) in [6, 6.07) is 6.99. The molecule has 1 amide bonds. The average Bonchev–Trinajstić information content (AvgIpc) is 2.48. The molecule has 0 radical (unpaired) electrons. The van der Waals surface area contributed by atoms with E-state index in [2.05, 4.69) is 25.9 Å². The van der Waals surface area contributed by atoms with Crippen LogP contribution in [0, 0.1) is 0 Å². The van der Waals surface area contributed by atoms with E-state index in [4.69, 9.17) is 16.3 Å². The maximum Gasteiger partial charge on any atom is 0.231 e. The summed E-state index contributed by atoms with van der Waals surface area (Å²) < 4.78 is 5.57. The fourth-order valence-corrected chi connectivity index (χ4v) is 2.50. The number of methoxy groups -OCH3 is 1. The Labute approximate surface area is 136 Å². The van der Waals surface area contributed by atoms with E-state index in [0.29, 0.717) is 26.9 Å². The molecule has 2 heterocycles. The Balaban J connectivity index is 2.18. The minimum atomic E-state index is -0.113. The van der Waals surface area contributed by atoms with Gasteiger partial charge in [0.15, 0.2) is 0 Å². The van der Waals surface area contributed by atoms with Gasteiger partial charge in [-0.1, -0.05) is 17.7 Å². The number of anilines is 1. The molecule has 0 unspecified atom stereocenters. The van der Waals surface area contributed by atoms with E-state index in [-0.39, 0.29) is 12.3 Å². The van der Waals surface area contributed by atoms with Gasteiger partial charge in [-0.15, -0.1) is 0 Å². The maximum atomic E-state index is 12.3. The third kappa shape index (κ3) is 3.71. The van der Waals surface area contributed by atoms with Crippen LogP contribution in [0.3, 0.4) is 0 Å². The lowest BCUT2D eigenvalue weighted by molar-refractivity contribution is -0.117. The normalized spacial score (nSPS) is 10.3. The molecule has 2 rings (SSSR count). The Morgan fingerprint density at radius 3 is 2.81 bits per heavy atom. The van der Waals surface area contributed by atoms with Gasteiger partial charge in [-0.3, -0.25) is 4.79 Å². The fourth-order valence-electron chi connectivity index (χ4n) is 1.74. The van der Waals surface area contributed by atoms with E-state index < -0.39 is 0 Å². The van der Waals surface area contributed by atoms with Gasteiger partial charge in [0.05, 0.1) is 19.2 Å². The summed E-state index contributed by atoms with van der Waals surface area (Å²) in [6.07, 6.45) is 1.76. The number of rotatable bonds is 4. The van der Waals surface area contributed by atoms with Crippen molar-refractivity contribution in [3.8, 4) is 5.88 Å². The van der Waals surface area contributed by atoms with Crippen molar-refractivity contribution in [3.05, 3.63) is 45.8 Å². The number of ether oxygens (including phenoxy) is 1. The molecule has 0 saturated heterocycles. The Morgan fingerprint density at radius 1 is 1.43 bits per heavy atom. The Kier molecular flexibility index (Phi) is 5.14. The Bertz CT molecular complexity index is 666. The molecule has 110 valence electrons. The van der Waals surface area contributed by atoms with E-state index in [9.17, 15) is 4.79 Å². The highest BCUT2D eigenvalue weighted by molar-refractivity contribution is 9.10. The molecule has 7 heteroatoms. The van der Waals surface area contributed by atoms with Gasteiger partial charge in [0.1, 0.15) is 9.76 Å². The van der Waals surface area contributed by atoms with Crippen molar-refractivity contribution in [2.75, 3.05) is 19.1 Å². The lowest BCUT2D eigenvalue weighted by Gasteiger charge is -2.19. The van der Waals surface area contributed by atoms with E-state index in [1.807, 2.05) is 0 Å². The molecule has 0 atom stereocenters. The van der Waals surface area contributed by atoms with Crippen molar-refractivity contribution in [1.82, 2.24) is 9.97 Å². The van der Waals surface area contributed by atoms with Crippen LogP contribution in [0.25, 0.3) is 0 Å². The minimum Gasteiger partial charge on any atom is -0.481 e. The number of hydrogen-bond acceptors (Lipinski definition) is 4. The van der Waals surface area contributed by atoms with E-state index in [1.165, 1.54) is 12.0 Å². The van der Waals surface area contributed by atoms with Gasteiger partial charge in [-0.25, -0.2) is 9.97 Å². The van der Waals surface area contributed by atoms with Gasteiger partial charge >= 0.3 is 0 Å². The van der Waals surface area contributed by atoms with Crippen molar-refractivity contribution in [2.45, 2.75) is 6.42 Å². The molecule has 0 aliphatic heterocycles. The fraction of sp³-hybridized carbons (Fsp3) is 0.214. The first-order chi connectivity index (χ1) is 10.0. The third-order valence-corrected chi connectivity index (χ3v) is 3.85. The Morgan fingerprint density at radius 2 is 2.19 bits per heavy atom. The lowest BCUT2D eigenvalue weighted by atomic mass is 10.2. The lowest BCUT2D eigenvalue weighted by Crippen LogP contribution is -2.28. The SMILES string of the molecule is COc1ccc(N(C)C(=O)Cc2cccnc2Cl)c(Br)n1. The second kappa shape index (κ2) is 6.87. The van der Waals surface area contributed by atoms with Crippen LogP contribution in [0.4, 0.5) is 5.69 Å². The smallest absolute Gasteiger partial charge is 0.231 e. The zero-order valence-electron chi connectivity index (χ0n) is 11.5. The van der Waals surface area contributed by atoms with Crippen LogP contribution in [-0.4, -0.2) is 30.0 Å². The molecule has 0 saturated carbocycles. The van der Waals surface area contributed by atoms with E-state index in [1.54, 1.807) is 37.5 Å². The maximum absolute atomic E-state index is 12.3. The summed E-state index contributed by atoms with van der Waals surface area (Å²) in [5, 5.41) is 0.339. The van der Waals surface area contributed by atoms with Crippen molar-refractivity contribution in [3.63, 3.8) is 0 Å². The van der Waals surface area contributed by atoms with E-state index >= 15 is 0 Å². The van der Waals surface area contributed by atoms with Gasteiger partial charge < -0.3 is 9.64 Å². The predicted octanol–water partition coefficient (Wildman–Crippen LogP) is 3.11. The largest absolute Gasteiger partial charge is 0.481 e. The molecule has 0 bridgehead atoms. The number of pyridine rings is 2. The van der Waals surface area contributed by atoms with Crippen molar-refractivity contribution < 1.29 is 9.53 Å².